The highest BCUT2D eigenvalue weighted by Gasteiger charge is 2.23. The van der Waals surface area contributed by atoms with Crippen LogP contribution in [-0.4, -0.2) is 4.57 Å². The van der Waals surface area contributed by atoms with Gasteiger partial charge in [0.15, 0.2) is 5.43 Å². The van der Waals surface area contributed by atoms with Gasteiger partial charge in [-0.1, -0.05) is 60.7 Å². The molecule has 0 unspecified atom stereocenters. The van der Waals surface area contributed by atoms with E-state index in [9.17, 15) is 4.79 Å². The largest absolute Gasteiger partial charge is 0.309 e. The molecule has 3 heterocycles. The van der Waals surface area contributed by atoms with Crippen molar-refractivity contribution in [3.8, 4) is 5.69 Å². The van der Waals surface area contributed by atoms with E-state index in [-0.39, 0.29) is 5.43 Å². The van der Waals surface area contributed by atoms with Crippen LogP contribution >= 0.6 is 22.7 Å². The number of aromatic nitrogens is 1. The molecule has 0 radical (unpaired) electrons. The molecule has 0 fully saturated rings. The average molecular weight is 586 g/mol. The van der Waals surface area contributed by atoms with Gasteiger partial charge in [-0.2, -0.15) is 0 Å². The van der Waals surface area contributed by atoms with Gasteiger partial charge in [-0.15, -0.1) is 22.7 Å². The SMILES string of the molecule is O=c1c2ccccc2sc2cc3c(cc12)Cc1c(cccc1-n1c2ccccc2c2cc4sc5ccccc5c4cc21)C3. The van der Waals surface area contributed by atoms with Crippen molar-refractivity contribution in [3.63, 3.8) is 0 Å². The molecule has 0 spiro atoms. The molecule has 0 N–H and O–H groups in total. The number of rotatable bonds is 1. The van der Waals surface area contributed by atoms with Crippen LogP contribution in [0.25, 0.3) is 67.8 Å². The zero-order valence-corrected chi connectivity index (χ0v) is 24.7. The van der Waals surface area contributed by atoms with Gasteiger partial charge >= 0.3 is 0 Å². The van der Waals surface area contributed by atoms with Crippen LogP contribution < -0.4 is 5.43 Å². The van der Waals surface area contributed by atoms with Crippen molar-refractivity contribution >= 4 is 84.8 Å². The summed E-state index contributed by atoms with van der Waals surface area (Å²) in [6, 6.07) is 41.6. The first-order chi connectivity index (χ1) is 21.2. The molecule has 2 nitrogen and oxygen atoms in total. The van der Waals surface area contributed by atoms with Gasteiger partial charge in [0, 0.05) is 63.2 Å². The molecule has 43 heavy (non-hydrogen) atoms. The summed E-state index contributed by atoms with van der Waals surface area (Å²) in [6.45, 7) is 0. The molecule has 3 aromatic heterocycles. The molecular weight excluding hydrogens is 563 g/mol. The van der Waals surface area contributed by atoms with E-state index >= 15 is 0 Å². The minimum atomic E-state index is 0.139. The second-order valence-corrected chi connectivity index (χ2v) is 13.8. The predicted octanol–water partition coefficient (Wildman–Crippen LogP) is 10.4. The van der Waals surface area contributed by atoms with Crippen molar-refractivity contribution in [2.45, 2.75) is 12.8 Å². The predicted molar refractivity (Wildman–Crippen MR) is 185 cm³/mol. The molecule has 0 bridgehead atoms. The molecule has 6 aromatic carbocycles. The number of benzene rings is 6. The summed E-state index contributed by atoms with van der Waals surface area (Å²) in [5.74, 6) is 0. The summed E-state index contributed by atoms with van der Waals surface area (Å²) in [6.07, 6.45) is 1.68. The summed E-state index contributed by atoms with van der Waals surface area (Å²) < 4.78 is 7.27. The van der Waals surface area contributed by atoms with Gasteiger partial charge in [0.2, 0.25) is 0 Å². The first-order valence-electron chi connectivity index (χ1n) is 14.6. The highest BCUT2D eigenvalue weighted by Crippen LogP contribution is 2.42. The van der Waals surface area contributed by atoms with E-state index < -0.39 is 0 Å². The monoisotopic (exact) mass is 585 g/mol. The maximum atomic E-state index is 13.5. The van der Waals surface area contributed by atoms with E-state index in [1.54, 1.807) is 11.3 Å². The van der Waals surface area contributed by atoms with Crippen molar-refractivity contribution < 1.29 is 0 Å². The molecule has 1 aliphatic carbocycles. The van der Waals surface area contributed by atoms with Gasteiger partial charge in [0.25, 0.3) is 0 Å². The number of hydrogen-bond acceptors (Lipinski definition) is 3. The van der Waals surface area contributed by atoms with Gasteiger partial charge in [-0.25, -0.2) is 0 Å². The average Bonchev–Trinajstić information content (AvgIpc) is 3.57. The number of fused-ring (bicyclic) bond motifs is 10. The quantitative estimate of drug-likeness (QED) is 0.176. The third-order valence-electron chi connectivity index (χ3n) is 9.31. The van der Waals surface area contributed by atoms with Crippen molar-refractivity contribution in [1.82, 2.24) is 4.57 Å². The third kappa shape index (κ3) is 3.31. The zero-order chi connectivity index (χ0) is 28.2. The lowest BCUT2D eigenvalue weighted by Crippen LogP contribution is -2.12. The zero-order valence-electron chi connectivity index (χ0n) is 23.1. The van der Waals surface area contributed by atoms with Crippen molar-refractivity contribution in [2.24, 2.45) is 0 Å². The van der Waals surface area contributed by atoms with Crippen LogP contribution in [0.2, 0.25) is 0 Å². The van der Waals surface area contributed by atoms with Gasteiger partial charge < -0.3 is 4.57 Å². The Hall–Kier alpha value is -4.77. The van der Waals surface area contributed by atoms with Crippen LogP contribution in [-0.2, 0) is 12.8 Å². The highest BCUT2D eigenvalue weighted by molar-refractivity contribution is 7.26. The normalized spacial score (nSPS) is 13.0. The smallest absolute Gasteiger partial charge is 0.195 e. The molecule has 9 aromatic rings. The first kappa shape index (κ1) is 23.8. The van der Waals surface area contributed by atoms with Crippen LogP contribution in [0.1, 0.15) is 22.3 Å². The van der Waals surface area contributed by atoms with E-state index in [2.05, 4.69) is 102 Å². The van der Waals surface area contributed by atoms with Gasteiger partial charge in [0.1, 0.15) is 0 Å². The molecule has 0 amide bonds. The Morgan fingerprint density at radius 2 is 1.16 bits per heavy atom. The molecule has 0 aliphatic heterocycles. The van der Waals surface area contributed by atoms with E-state index in [4.69, 9.17) is 0 Å². The Morgan fingerprint density at radius 1 is 0.465 bits per heavy atom. The minimum Gasteiger partial charge on any atom is -0.309 e. The van der Waals surface area contributed by atoms with Crippen LogP contribution in [0.4, 0.5) is 0 Å². The van der Waals surface area contributed by atoms with Crippen LogP contribution in [0.15, 0.2) is 120 Å². The number of nitrogens with zero attached hydrogens (tertiary/aromatic N) is 1. The summed E-state index contributed by atoms with van der Waals surface area (Å²) in [4.78, 5) is 13.5. The number of thiophene rings is 1. The Balaban J connectivity index is 1.23. The second-order valence-electron chi connectivity index (χ2n) is 11.6. The first-order valence-corrected chi connectivity index (χ1v) is 16.3. The number of hydrogen-bond donors (Lipinski definition) is 0. The highest BCUT2D eigenvalue weighted by atomic mass is 32.1. The number of para-hydroxylation sites is 1. The second kappa shape index (κ2) is 8.63. The molecule has 4 heteroatoms. The lowest BCUT2D eigenvalue weighted by atomic mass is 9.84. The van der Waals surface area contributed by atoms with Crippen molar-refractivity contribution in [2.75, 3.05) is 0 Å². The summed E-state index contributed by atoms with van der Waals surface area (Å²) >= 11 is 3.60. The summed E-state index contributed by atoms with van der Waals surface area (Å²) in [5, 5.41) is 6.86. The van der Waals surface area contributed by atoms with Crippen LogP contribution in [0.3, 0.4) is 0 Å². The van der Waals surface area contributed by atoms with E-state index in [0.717, 1.165) is 33.0 Å². The topological polar surface area (TPSA) is 22.0 Å². The van der Waals surface area contributed by atoms with Crippen LogP contribution in [0.5, 0.6) is 0 Å². The molecule has 0 saturated carbocycles. The standard InChI is InChI=1S/C39H23NOS2/c41-39-27-11-3-6-15-36(27)43-37-19-23-16-22-8-7-13-33(28(22)17-24(23)18-31(37)39)40-32-12-4-1-9-25(32)29-21-38-30(20-34(29)40)26-10-2-5-14-35(26)42-38/h1-15,18-21H,16-17H2. The van der Waals surface area contributed by atoms with Crippen LogP contribution in [0, 0.1) is 0 Å². The fraction of sp³-hybridized carbons (Fsp3) is 0.0513. The third-order valence-corrected chi connectivity index (χ3v) is 11.6. The molecular formula is C39H23NOS2. The fourth-order valence-electron chi connectivity index (χ4n) is 7.31. The van der Waals surface area contributed by atoms with E-state index in [0.29, 0.717) is 0 Å². The Kier molecular flexibility index (Phi) is 4.77. The van der Waals surface area contributed by atoms with Gasteiger partial charge in [-0.05, 0) is 83.3 Å². The maximum absolute atomic E-state index is 13.5. The van der Waals surface area contributed by atoms with Crippen molar-refractivity contribution in [3.05, 3.63) is 148 Å². The molecule has 0 atom stereocenters. The fourth-order valence-corrected chi connectivity index (χ4v) is 9.55. The van der Waals surface area contributed by atoms with Crippen molar-refractivity contribution in [1.29, 1.82) is 0 Å². The molecule has 202 valence electrons. The van der Waals surface area contributed by atoms with E-state index in [1.807, 2.05) is 29.5 Å². The Morgan fingerprint density at radius 3 is 2.02 bits per heavy atom. The summed E-state index contributed by atoms with van der Waals surface area (Å²) in [5.41, 5.74) is 9.15. The Labute approximate surface area is 254 Å². The Bertz CT molecular complexity index is 2710. The van der Waals surface area contributed by atoms with Gasteiger partial charge in [-0.3, -0.25) is 4.79 Å². The molecule has 1 aliphatic rings. The summed E-state index contributed by atoms with van der Waals surface area (Å²) in [7, 11) is 0. The van der Waals surface area contributed by atoms with Gasteiger partial charge in [0.05, 0.1) is 11.0 Å². The molecule has 10 rings (SSSR count). The minimum absolute atomic E-state index is 0.139. The van der Waals surface area contributed by atoms with E-state index in [1.165, 1.54) is 69.9 Å². The lowest BCUT2D eigenvalue weighted by Gasteiger charge is -2.24. The molecule has 0 saturated heterocycles. The lowest BCUT2D eigenvalue weighted by molar-refractivity contribution is 0.979. The maximum Gasteiger partial charge on any atom is 0.195 e.